The van der Waals surface area contributed by atoms with Gasteiger partial charge in [-0.2, -0.15) is 0 Å². The fraction of sp³-hybridized carbons (Fsp3) is 0.579. The molecule has 2 amide bonds. The van der Waals surface area contributed by atoms with Gasteiger partial charge in [-0.1, -0.05) is 12.1 Å². The standard InChI is InChI=1S/C19H29N3O3/c1-4-22(18(24)19(14-20)9-11-25-12-10-19)13-15-5-7-16(8-6-15)17(23)21(2)3/h5-8H,4,9-14,20H2,1-3H3. The average Bonchev–Trinajstić information content (AvgIpc) is 2.65. The van der Waals surface area contributed by atoms with Gasteiger partial charge >= 0.3 is 0 Å². The number of carbonyl (C=O) groups excluding carboxylic acids is 2. The summed E-state index contributed by atoms with van der Waals surface area (Å²) in [6.45, 7) is 4.64. The second kappa shape index (κ2) is 8.45. The third-order valence-electron chi connectivity index (χ3n) is 4.94. The molecule has 0 unspecified atom stereocenters. The van der Waals surface area contributed by atoms with Crippen LogP contribution >= 0.6 is 0 Å². The molecule has 2 N–H and O–H groups in total. The molecule has 1 aliphatic rings. The minimum absolute atomic E-state index is 0.0285. The molecule has 1 aliphatic heterocycles. The van der Waals surface area contributed by atoms with E-state index < -0.39 is 5.41 Å². The molecule has 2 rings (SSSR count). The number of carbonyl (C=O) groups is 2. The molecule has 0 spiro atoms. The van der Waals surface area contributed by atoms with Crippen LogP contribution in [0.4, 0.5) is 0 Å². The molecular weight excluding hydrogens is 318 g/mol. The summed E-state index contributed by atoms with van der Waals surface area (Å²) in [4.78, 5) is 28.4. The van der Waals surface area contributed by atoms with Crippen molar-refractivity contribution in [3.05, 3.63) is 35.4 Å². The number of hydrogen-bond donors (Lipinski definition) is 1. The minimum Gasteiger partial charge on any atom is -0.381 e. The van der Waals surface area contributed by atoms with Gasteiger partial charge in [-0.15, -0.1) is 0 Å². The molecule has 1 fully saturated rings. The molecule has 0 radical (unpaired) electrons. The average molecular weight is 347 g/mol. The highest BCUT2D eigenvalue weighted by atomic mass is 16.5. The van der Waals surface area contributed by atoms with Crippen molar-refractivity contribution >= 4 is 11.8 Å². The second-order valence-corrected chi connectivity index (χ2v) is 6.81. The Labute approximate surface area is 149 Å². The monoisotopic (exact) mass is 347 g/mol. The zero-order valence-electron chi connectivity index (χ0n) is 15.5. The van der Waals surface area contributed by atoms with E-state index in [0.29, 0.717) is 51.3 Å². The van der Waals surface area contributed by atoms with Gasteiger partial charge in [0.25, 0.3) is 5.91 Å². The third kappa shape index (κ3) is 4.38. The summed E-state index contributed by atoms with van der Waals surface area (Å²) in [6.07, 6.45) is 1.35. The van der Waals surface area contributed by atoms with E-state index in [1.807, 2.05) is 36.1 Å². The largest absolute Gasteiger partial charge is 0.381 e. The normalized spacial score (nSPS) is 16.3. The summed E-state index contributed by atoms with van der Waals surface area (Å²) >= 11 is 0. The topological polar surface area (TPSA) is 75.9 Å². The van der Waals surface area contributed by atoms with Gasteiger partial charge in [-0.05, 0) is 37.5 Å². The Bertz CT molecular complexity index is 592. The van der Waals surface area contributed by atoms with Crippen LogP contribution < -0.4 is 5.73 Å². The van der Waals surface area contributed by atoms with Crippen molar-refractivity contribution in [1.82, 2.24) is 9.80 Å². The molecular formula is C19H29N3O3. The maximum atomic E-state index is 13.1. The second-order valence-electron chi connectivity index (χ2n) is 6.81. The minimum atomic E-state index is -0.505. The molecule has 0 saturated carbocycles. The van der Waals surface area contributed by atoms with Gasteiger partial charge in [0.05, 0.1) is 5.41 Å². The Morgan fingerprint density at radius 2 is 1.76 bits per heavy atom. The Morgan fingerprint density at radius 1 is 1.16 bits per heavy atom. The molecule has 1 aromatic rings. The fourth-order valence-electron chi connectivity index (χ4n) is 3.16. The van der Waals surface area contributed by atoms with Crippen LogP contribution in [-0.4, -0.2) is 62.0 Å². The molecule has 1 aromatic carbocycles. The fourth-order valence-corrected chi connectivity index (χ4v) is 3.16. The first-order valence-corrected chi connectivity index (χ1v) is 8.81. The molecule has 0 aliphatic carbocycles. The molecule has 0 atom stereocenters. The van der Waals surface area contributed by atoms with Gasteiger partial charge in [0.1, 0.15) is 0 Å². The molecule has 25 heavy (non-hydrogen) atoms. The SMILES string of the molecule is CCN(Cc1ccc(C(=O)N(C)C)cc1)C(=O)C1(CN)CCOCC1. The van der Waals surface area contributed by atoms with Crippen LogP contribution in [0.25, 0.3) is 0 Å². The van der Waals surface area contributed by atoms with Gasteiger partial charge < -0.3 is 20.3 Å². The molecule has 0 aromatic heterocycles. The number of nitrogens with two attached hydrogens (primary N) is 1. The number of benzene rings is 1. The number of nitrogens with zero attached hydrogens (tertiary/aromatic N) is 2. The Hall–Kier alpha value is -1.92. The quantitative estimate of drug-likeness (QED) is 0.846. The van der Waals surface area contributed by atoms with Crippen molar-refractivity contribution in [2.24, 2.45) is 11.1 Å². The lowest BCUT2D eigenvalue weighted by Gasteiger charge is -2.38. The zero-order valence-corrected chi connectivity index (χ0v) is 15.5. The van der Waals surface area contributed by atoms with Crippen molar-refractivity contribution in [3.8, 4) is 0 Å². The first kappa shape index (κ1) is 19.4. The lowest BCUT2D eigenvalue weighted by Crippen LogP contribution is -2.50. The van der Waals surface area contributed by atoms with Gasteiger partial charge in [0.15, 0.2) is 0 Å². The van der Waals surface area contributed by atoms with E-state index in [0.717, 1.165) is 5.56 Å². The van der Waals surface area contributed by atoms with Crippen molar-refractivity contribution in [3.63, 3.8) is 0 Å². The van der Waals surface area contributed by atoms with Crippen molar-refractivity contribution < 1.29 is 14.3 Å². The van der Waals surface area contributed by atoms with E-state index in [1.54, 1.807) is 19.0 Å². The first-order chi connectivity index (χ1) is 11.9. The van der Waals surface area contributed by atoms with Crippen LogP contribution in [0.5, 0.6) is 0 Å². The van der Waals surface area contributed by atoms with Crippen LogP contribution in [0.1, 0.15) is 35.7 Å². The Balaban J connectivity index is 2.10. The smallest absolute Gasteiger partial charge is 0.253 e. The van der Waals surface area contributed by atoms with Gasteiger partial charge in [-0.3, -0.25) is 9.59 Å². The van der Waals surface area contributed by atoms with Gasteiger partial charge in [-0.25, -0.2) is 0 Å². The highest BCUT2D eigenvalue weighted by Gasteiger charge is 2.41. The van der Waals surface area contributed by atoms with Gasteiger partial charge in [0, 0.05) is 52.5 Å². The lowest BCUT2D eigenvalue weighted by atomic mass is 9.78. The van der Waals surface area contributed by atoms with Crippen LogP contribution in [-0.2, 0) is 16.1 Å². The van der Waals surface area contributed by atoms with E-state index in [1.165, 1.54) is 0 Å². The maximum absolute atomic E-state index is 13.1. The molecule has 6 heteroatoms. The number of amides is 2. The van der Waals surface area contributed by atoms with E-state index in [4.69, 9.17) is 10.5 Å². The maximum Gasteiger partial charge on any atom is 0.253 e. The summed E-state index contributed by atoms with van der Waals surface area (Å²) in [6, 6.07) is 7.43. The lowest BCUT2D eigenvalue weighted by molar-refractivity contribution is -0.147. The van der Waals surface area contributed by atoms with Crippen LogP contribution in [0.2, 0.25) is 0 Å². The molecule has 138 valence electrons. The Morgan fingerprint density at radius 3 is 2.24 bits per heavy atom. The van der Waals surface area contributed by atoms with Crippen molar-refractivity contribution in [2.45, 2.75) is 26.3 Å². The van der Waals surface area contributed by atoms with Crippen molar-refractivity contribution in [2.75, 3.05) is 40.4 Å². The van der Waals surface area contributed by atoms with E-state index in [9.17, 15) is 9.59 Å². The van der Waals surface area contributed by atoms with Crippen LogP contribution in [0, 0.1) is 5.41 Å². The zero-order chi connectivity index (χ0) is 18.4. The third-order valence-corrected chi connectivity index (χ3v) is 4.94. The molecule has 0 bridgehead atoms. The summed E-state index contributed by atoms with van der Waals surface area (Å²) in [5, 5.41) is 0. The Kier molecular flexibility index (Phi) is 6.56. The predicted molar refractivity (Wildman–Crippen MR) is 97.1 cm³/mol. The highest BCUT2D eigenvalue weighted by Crippen LogP contribution is 2.32. The van der Waals surface area contributed by atoms with Crippen LogP contribution in [0.3, 0.4) is 0 Å². The van der Waals surface area contributed by atoms with E-state index in [2.05, 4.69) is 0 Å². The number of hydrogen-bond acceptors (Lipinski definition) is 4. The predicted octanol–water partition coefficient (Wildman–Crippen LogP) is 1.49. The first-order valence-electron chi connectivity index (χ1n) is 8.81. The number of rotatable bonds is 6. The summed E-state index contributed by atoms with van der Waals surface area (Å²) in [5.74, 6) is 0.0773. The van der Waals surface area contributed by atoms with Crippen LogP contribution in [0.15, 0.2) is 24.3 Å². The molecule has 1 saturated heterocycles. The number of ether oxygens (including phenoxy) is 1. The summed E-state index contributed by atoms with van der Waals surface area (Å²) < 4.78 is 5.40. The highest BCUT2D eigenvalue weighted by molar-refractivity contribution is 5.93. The van der Waals surface area contributed by atoms with Crippen molar-refractivity contribution in [1.29, 1.82) is 0 Å². The van der Waals surface area contributed by atoms with E-state index in [-0.39, 0.29) is 11.8 Å². The molecule has 6 nitrogen and oxygen atoms in total. The summed E-state index contributed by atoms with van der Waals surface area (Å²) in [5.41, 5.74) is 7.11. The summed E-state index contributed by atoms with van der Waals surface area (Å²) in [7, 11) is 3.46. The molecule has 1 heterocycles. The van der Waals surface area contributed by atoms with Gasteiger partial charge in [0.2, 0.25) is 5.91 Å². The van der Waals surface area contributed by atoms with E-state index >= 15 is 0 Å².